The average Bonchev–Trinajstić information content (AvgIpc) is 2.87. The molecule has 106 valence electrons. The molecule has 2 heterocycles. The summed E-state index contributed by atoms with van der Waals surface area (Å²) in [6.07, 6.45) is 4.56. The van der Waals surface area contributed by atoms with Gasteiger partial charge in [0.25, 0.3) is 0 Å². The van der Waals surface area contributed by atoms with Crippen molar-refractivity contribution in [2.45, 2.75) is 0 Å². The van der Waals surface area contributed by atoms with Crippen molar-refractivity contribution in [2.75, 3.05) is 5.73 Å². The molecule has 0 aliphatic heterocycles. The summed E-state index contributed by atoms with van der Waals surface area (Å²) in [6, 6.07) is 5.16. The molecular formula is C14H9F3N4. The first-order chi connectivity index (χ1) is 10.1. The molecule has 0 bridgehead atoms. The maximum Gasteiger partial charge on any atom is 0.194 e. The van der Waals surface area contributed by atoms with Gasteiger partial charge < -0.3 is 5.73 Å². The lowest BCUT2D eigenvalue weighted by atomic mass is 10.2. The Hall–Kier alpha value is -2.83. The summed E-state index contributed by atoms with van der Waals surface area (Å²) in [4.78, 5) is 3.95. The van der Waals surface area contributed by atoms with Crippen molar-refractivity contribution >= 4 is 5.69 Å². The number of anilines is 1. The van der Waals surface area contributed by atoms with E-state index in [-0.39, 0.29) is 5.69 Å². The smallest absolute Gasteiger partial charge is 0.194 e. The Morgan fingerprint density at radius 1 is 1.10 bits per heavy atom. The first kappa shape index (κ1) is 13.2. The summed E-state index contributed by atoms with van der Waals surface area (Å²) in [5, 5.41) is 4.16. The Bertz CT molecular complexity index is 776. The van der Waals surface area contributed by atoms with Crippen LogP contribution in [-0.4, -0.2) is 14.8 Å². The molecule has 0 amide bonds. The minimum absolute atomic E-state index is 0.0354. The van der Waals surface area contributed by atoms with Crippen LogP contribution >= 0.6 is 0 Å². The highest BCUT2D eigenvalue weighted by Crippen LogP contribution is 2.25. The number of aromatic nitrogens is 3. The van der Waals surface area contributed by atoms with Crippen molar-refractivity contribution in [1.82, 2.24) is 14.8 Å². The third kappa shape index (κ3) is 2.33. The summed E-state index contributed by atoms with van der Waals surface area (Å²) in [6.45, 7) is 0. The van der Waals surface area contributed by atoms with Gasteiger partial charge in [-0.05, 0) is 12.1 Å². The van der Waals surface area contributed by atoms with Crippen molar-refractivity contribution in [1.29, 1.82) is 0 Å². The summed E-state index contributed by atoms with van der Waals surface area (Å²) < 4.78 is 40.7. The molecule has 0 unspecified atom stereocenters. The lowest BCUT2D eigenvalue weighted by molar-refractivity contribution is 0.446. The van der Waals surface area contributed by atoms with Crippen molar-refractivity contribution in [3.63, 3.8) is 0 Å². The van der Waals surface area contributed by atoms with Gasteiger partial charge in [0.15, 0.2) is 17.5 Å². The van der Waals surface area contributed by atoms with Gasteiger partial charge in [-0.1, -0.05) is 0 Å². The Morgan fingerprint density at radius 2 is 1.81 bits per heavy atom. The Morgan fingerprint density at radius 3 is 2.43 bits per heavy atom. The molecule has 21 heavy (non-hydrogen) atoms. The van der Waals surface area contributed by atoms with Gasteiger partial charge in [-0.15, -0.1) is 0 Å². The monoisotopic (exact) mass is 290 g/mol. The summed E-state index contributed by atoms with van der Waals surface area (Å²) in [5.74, 6) is -4.10. The molecule has 2 N–H and O–H groups in total. The number of rotatable bonds is 2. The third-order valence-corrected chi connectivity index (χ3v) is 2.91. The molecule has 4 nitrogen and oxygen atoms in total. The molecule has 0 aliphatic rings. The van der Waals surface area contributed by atoms with Crippen LogP contribution in [0, 0.1) is 17.5 Å². The molecule has 0 spiro atoms. The van der Waals surface area contributed by atoms with Crippen LogP contribution in [0.4, 0.5) is 18.9 Å². The first-order valence-corrected chi connectivity index (χ1v) is 5.96. The fourth-order valence-corrected chi connectivity index (χ4v) is 1.92. The van der Waals surface area contributed by atoms with Crippen LogP contribution in [0.2, 0.25) is 0 Å². The lowest BCUT2D eigenvalue weighted by Crippen LogP contribution is -2.00. The Balaban J connectivity index is 2.10. The van der Waals surface area contributed by atoms with Crippen LogP contribution in [-0.2, 0) is 0 Å². The average molecular weight is 290 g/mol. The largest absolute Gasteiger partial charge is 0.396 e. The van der Waals surface area contributed by atoms with Crippen LogP contribution in [0.15, 0.2) is 42.9 Å². The van der Waals surface area contributed by atoms with Gasteiger partial charge in [-0.3, -0.25) is 4.98 Å². The number of hydrogen-bond acceptors (Lipinski definition) is 3. The summed E-state index contributed by atoms with van der Waals surface area (Å²) >= 11 is 0. The van der Waals surface area contributed by atoms with Gasteiger partial charge >= 0.3 is 0 Å². The summed E-state index contributed by atoms with van der Waals surface area (Å²) in [7, 11) is 0. The van der Waals surface area contributed by atoms with E-state index < -0.39 is 17.5 Å². The number of halogens is 3. The van der Waals surface area contributed by atoms with Crippen LogP contribution in [0.1, 0.15) is 0 Å². The van der Waals surface area contributed by atoms with E-state index in [1.54, 1.807) is 24.5 Å². The van der Waals surface area contributed by atoms with Gasteiger partial charge in [0.1, 0.15) is 5.69 Å². The quantitative estimate of drug-likeness (QED) is 0.738. The van der Waals surface area contributed by atoms with E-state index in [0.717, 1.165) is 12.1 Å². The Labute approximate surface area is 117 Å². The minimum atomic E-state index is -1.52. The topological polar surface area (TPSA) is 56.7 Å². The van der Waals surface area contributed by atoms with Crippen molar-refractivity contribution in [3.8, 4) is 16.9 Å². The van der Waals surface area contributed by atoms with Crippen molar-refractivity contribution < 1.29 is 13.2 Å². The molecule has 0 fully saturated rings. The first-order valence-electron chi connectivity index (χ1n) is 5.96. The number of benzene rings is 1. The number of nitrogen functional groups attached to an aromatic ring is 1. The maximum absolute atomic E-state index is 13.3. The van der Waals surface area contributed by atoms with E-state index >= 15 is 0 Å². The molecular weight excluding hydrogens is 281 g/mol. The second kappa shape index (κ2) is 4.93. The molecule has 0 aliphatic carbocycles. The van der Waals surface area contributed by atoms with Gasteiger partial charge in [-0.2, -0.15) is 5.10 Å². The highest BCUT2D eigenvalue weighted by Gasteiger charge is 2.14. The highest BCUT2D eigenvalue weighted by atomic mass is 19.2. The zero-order valence-corrected chi connectivity index (χ0v) is 10.6. The molecule has 0 atom stereocenters. The second-order valence-electron chi connectivity index (χ2n) is 4.34. The third-order valence-electron chi connectivity index (χ3n) is 2.91. The zero-order valence-electron chi connectivity index (χ0n) is 10.6. The van der Waals surface area contributed by atoms with Crippen LogP contribution < -0.4 is 5.73 Å². The van der Waals surface area contributed by atoms with Gasteiger partial charge in [0.05, 0.1) is 17.6 Å². The van der Waals surface area contributed by atoms with E-state index in [9.17, 15) is 13.2 Å². The molecule has 0 saturated carbocycles. The number of nitrogens with two attached hydrogens (primary N) is 1. The molecule has 0 saturated heterocycles. The summed E-state index contributed by atoms with van der Waals surface area (Å²) in [5.41, 5.74) is 7.28. The predicted molar refractivity (Wildman–Crippen MR) is 71.1 cm³/mol. The molecule has 0 radical (unpaired) electrons. The normalized spacial score (nSPS) is 10.8. The highest BCUT2D eigenvalue weighted by molar-refractivity contribution is 5.71. The van der Waals surface area contributed by atoms with Crippen LogP contribution in [0.25, 0.3) is 16.9 Å². The fraction of sp³-hybridized carbons (Fsp3) is 0. The molecule has 3 aromatic rings. The van der Waals surface area contributed by atoms with E-state index in [1.807, 2.05) is 0 Å². The van der Waals surface area contributed by atoms with Crippen molar-refractivity contribution in [2.24, 2.45) is 0 Å². The SMILES string of the molecule is Nc1cn(-c2cc(F)c(F)c(F)c2)nc1-c1cccnc1. The second-order valence-corrected chi connectivity index (χ2v) is 4.34. The van der Waals surface area contributed by atoms with Gasteiger partial charge in [0, 0.05) is 30.1 Å². The number of hydrogen-bond donors (Lipinski definition) is 1. The van der Waals surface area contributed by atoms with E-state index in [0.29, 0.717) is 16.9 Å². The van der Waals surface area contributed by atoms with Crippen molar-refractivity contribution in [3.05, 3.63) is 60.3 Å². The van der Waals surface area contributed by atoms with E-state index in [2.05, 4.69) is 10.1 Å². The fourth-order valence-electron chi connectivity index (χ4n) is 1.92. The number of nitrogens with zero attached hydrogens (tertiary/aromatic N) is 3. The van der Waals surface area contributed by atoms with E-state index in [1.165, 1.54) is 10.9 Å². The molecule has 1 aromatic carbocycles. The van der Waals surface area contributed by atoms with Crippen LogP contribution in [0.3, 0.4) is 0 Å². The predicted octanol–water partition coefficient (Wildman–Crippen LogP) is 2.93. The maximum atomic E-state index is 13.3. The minimum Gasteiger partial charge on any atom is -0.396 e. The molecule has 2 aromatic heterocycles. The van der Waals surface area contributed by atoms with Crippen LogP contribution in [0.5, 0.6) is 0 Å². The molecule has 7 heteroatoms. The van der Waals surface area contributed by atoms with Gasteiger partial charge in [0.2, 0.25) is 0 Å². The standard InChI is InChI=1S/C14H9F3N4/c15-10-4-9(5-11(16)13(10)17)21-7-12(18)14(20-21)8-2-1-3-19-6-8/h1-7H,18H2. The van der Waals surface area contributed by atoms with E-state index in [4.69, 9.17) is 5.73 Å². The lowest BCUT2D eigenvalue weighted by Gasteiger charge is -2.03. The Kier molecular flexibility index (Phi) is 3.09. The van der Waals surface area contributed by atoms with Gasteiger partial charge in [-0.25, -0.2) is 17.9 Å². The number of pyridine rings is 1. The zero-order chi connectivity index (χ0) is 15.0. The molecule has 3 rings (SSSR count).